The Morgan fingerprint density at radius 2 is 2.14 bits per heavy atom. The number of nitrogens with one attached hydrogen (secondary N) is 1. The maximum atomic E-state index is 12.6. The van der Waals surface area contributed by atoms with Crippen LogP contribution in [-0.4, -0.2) is 28.2 Å². The van der Waals surface area contributed by atoms with Gasteiger partial charge >= 0.3 is 0 Å². The van der Waals surface area contributed by atoms with E-state index in [2.05, 4.69) is 29.4 Å². The average Bonchev–Trinajstić information content (AvgIpc) is 3.45. The number of carbonyl (C=O) groups excluding carboxylic acids is 2. The molecular weight excluding hydrogens is 374 g/mol. The quantitative estimate of drug-likeness (QED) is 0.686. The fraction of sp³-hybridized carbons (Fsp3) is 0.286. The average molecular weight is 395 g/mol. The molecule has 4 rings (SSSR count). The molecule has 0 aliphatic carbocycles. The van der Waals surface area contributed by atoms with Crippen LogP contribution in [0.3, 0.4) is 0 Å². The number of benzene rings is 1. The molecule has 1 aliphatic rings. The summed E-state index contributed by atoms with van der Waals surface area (Å²) < 4.78 is 5.29. The molecule has 1 aromatic carbocycles. The fourth-order valence-corrected chi connectivity index (χ4v) is 4.00. The van der Waals surface area contributed by atoms with Gasteiger partial charge in [0, 0.05) is 23.9 Å². The van der Waals surface area contributed by atoms with Crippen LogP contribution in [0.25, 0.3) is 11.3 Å². The van der Waals surface area contributed by atoms with Crippen molar-refractivity contribution in [2.75, 3.05) is 11.9 Å². The Bertz CT molecular complexity index is 963. The lowest BCUT2D eigenvalue weighted by atomic mass is 10.1. The number of anilines is 1. The molecular formula is C21H21N3O3S. The molecule has 2 aromatic heterocycles. The molecule has 1 atom stereocenters. The molecule has 0 bridgehead atoms. The van der Waals surface area contributed by atoms with E-state index >= 15 is 0 Å². The van der Waals surface area contributed by atoms with Crippen LogP contribution in [0.15, 0.2) is 52.5 Å². The van der Waals surface area contributed by atoms with Crippen molar-refractivity contribution >= 4 is 28.3 Å². The number of amides is 2. The number of hydrogen-bond donors (Lipinski definition) is 1. The van der Waals surface area contributed by atoms with E-state index in [0.717, 1.165) is 17.7 Å². The molecule has 0 unspecified atom stereocenters. The summed E-state index contributed by atoms with van der Waals surface area (Å²) in [5, 5.41) is 5.35. The van der Waals surface area contributed by atoms with Crippen molar-refractivity contribution in [1.82, 2.24) is 9.88 Å². The van der Waals surface area contributed by atoms with Gasteiger partial charge in [-0.15, -0.1) is 11.3 Å². The number of furan rings is 1. The minimum Gasteiger partial charge on any atom is -0.467 e. The molecule has 1 aliphatic heterocycles. The van der Waals surface area contributed by atoms with Crippen molar-refractivity contribution in [1.29, 1.82) is 0 Å². The third kappa shape index (κ3) is 3.99. The maximum Gasteiger partial charge on any atom is 0.231 e. The van der Waals surface area contributed by atoms with Crippen LogP contribution in [0, 0.1) is 5.92 Å². The lowest BCUT2D eigenvalue weighted by Gasteiger charge is -2.14. The summed E-state index contributed by atoms with van der Waals surface area (Å²) >= 11 is 1.39. The third-order valence-electron chi connectivity index (χ3n) is 4.90. The number of hydrogen-bond acceptors (Lipinski definition) is 5. The zero-order valence-electron chi connectivity index (χ0n) is 15.6. The van der Waals surface area contributed by atoms with Crippen molar-refractivity contribution in [3.8, 4) is 11.3 Å². The molecule has 2 amide bonds. The number of aromatic nitrogens is 1. The van der Waals surface area contributed by atoms with Gasteiger partial charge in [0.05, 0.1) is 24.4 Å². The third-order valence-corrected chi connectivity index (χ3v) is 5.66. The van der Waals surface area contributed by atoms with Gasteiger partial charge in [-0.2, -0.15) is 0 Å². The van der Waals surface area contributed by atoms with Crippen LogP contribution < -0.4 is 5.32 Å². The predicted octanol–water partition coefficient (Wildman–Crippen LogP) is 3.95. The van der Waals surface area contributed by atoms with Crippen molar-refractivity contribution in [3.05, 3.63) is 59.4 Å². The molecule has 1 saturated heterocycles. The second-order valence-corrected chi connectivity index (χ2v) is 7.69. The van der Waals surface area contributed by atoms with Crippen molar-refractivity contribution in [3.63, 3.8) is 0 Å². The maximum absolute atomic E-state index is 12.6. The Hall–Kier alpha value is -2.93. The van der Waals surface area contributed by atoms with E-state index in [1.54, 1.807) is 17.2 Å². The first kappa shape index (κ1) is 18.4. The lowest BCUT2D eigenvalue weighted by molar-refractivity contribution is -0.128. The van der Waals surface area contributed by atoms with Gasteiger partial charge in [0.2, 0.25) is 11.8 Å². The topological polar surface area (TPSA) is 75.4 Å². The zero-order valence-corrected chi connectivity index (χ0v) is 16.4. The van der Waals surface area contributed by atoms with Crippen LogP contribution in [-0.2, 0) is 22.6 Å². The number of nitrogens with zero attached hydrogens (tertiary/aromatic N) is 2. The van der Waals surface area contributed by atoms with Gasteiger partial charge in [-0.25, -0.2) is 4.98 Å². The molecule has 28 heavy (non-hydrogen) atoms. The second-order valence-electron chi connectivity index (χ2n) is 6.83. The summed E-state index contributed by atoms with van der Waals surface area (Å²) in [6.45, 7) is 2.90. The summed E-state index contributed by atoms with van der Waals surface area (Å²) in [5.74, 6) is 0.136. The van der Waals surface area contributed by atoms with Gasteiger partial charge in [-0.1, -0.05) is 31.2 Å². The Labute approximate surface area is 167 Å². The van der Waals surface area contributed by atoms with E-state index in [4.69, 9.17) is 4.42 Å². The molecule has 3 heterocycles. The summed E-state index contributed by atoms with van der Waals surface area (Å²) in [4.78, 5) is 31.0. The fourth-order valence-electron chi connectivity index (χ4n) is 3.27. The summed E-state index contributed by atoms with van der Waals surface area (Å²) in [5.41, 5.74) is 3.14. The predicted molar refractivity (Wildman–Crippen MR) is 108 cm³/mol. The van der Waals surface area contributed by atoms with Crippen LogP contribution in [0.1, 0.15) is 24.7 Å². The highest BCUT2D eigenvalue weighted by molar-refractivity contribution is 7.14. The van der Waals surface area contributed by atoms with Gasteiger partial charge in [-0.3, -0.25) is 9.59 Å². The van der Waals surface area contributed by atoms with E-state index in [1.165, 1.54) is 16.9 Å². The van der Waals surface area contributed by atoms with E-state index in [-0.39, 0.29) is 24.2 Å². The van der Waals surface area contributed by atoms with Gasteiger partial charge in [-0.05, 0) is 24.1 Å². The molecule has 1 fully saturated rings. The largest absolute Gasteiger partial charge is 0.467 e. The summed E-state index contributed by atoms with van der Waals surface area (Å²) in [6.07, 6.45) is 2.79. The number of rotatable bonds is 6. The Kier molecular flexibility index (Phi) is 5.25. The first-order valence-corrected chi connectivity index (χ1v) is 10.2. The normalized spacial score (nSPS) is 16.5. The number of thiazole rings is 1. The lowest BCUT2D eigenvalue weighted by Crippen LogP contribution is -2.27. The van der Waals surface area contributed by atoms with Gasteiger partial charge < -0.3 is 14.6 Å². The van der Waals surface area contributed by atoms with Gasteiger partial charge in [0.25, 0.3) is 0 Å². The SMILES string of the molecule is CCc1ccc(-c2csc(NC(=O)[C@H]3CC(=O)N(Cc4ccco4)C3)n2)cc1. The Balaban J connectivity index is 1.37. The molecule has 144 valence electrons. The summed E-state index contributed by atoms with van der Waals surface area (Å²) in [6, 6.07) is 11.9. The Morgan fingerprint density at radius 1 is 1.32 bits per heavy atom. The Morgan fingerprint density at radius 3 is 2.86 bits per heavy atom. The molecule has 7 heteroatoms. The van der Waals surface area contributed by atoms with Crippen LogP contribution in [0.5, 0.6) is 0 Å². The highest BCUT2D eigenvalue weighted by atomic mass is 32.1. The summed E-state index contributed by atoms with van der Waals surface area (Å²) in [7, 11) is 0. The highest BCUT2D eigenvalue weighted by Gasteiger charge is 2.35. The molecule has 1 N–H and O–H groups in total. The van der Waals surface area contributed by atoms with Crippen LogP contribution in [0.2, 0.25) is 0 Å². The minimum absolute atomic E-state index is 0.0348. The molecule has 0 spiro atoms. The monoisotopic (exact) mass is 395 g/mol. The first-order chi connectivity index (χ1) is 13.6. The zero-order chi connectivity index (χ0) is 19.5. The van der Waals surface area contributed by atoms with E-state index in [0.29, 0.717) is 24.0 Å². The highest BCUT2D eigenvalue weighted by Crippen LogP contribution is 2.27. The smallest absolute Gasteiger partial charge is 0.231 e. The molecule has 6 nitrogen and oxygen atoms in total. The first-order valence-electron chi connectivity index (χ1n) is 9.28. The number of aryl methyl sites for hydroxylation is 1. The van der Waals surface area contributed by atoms with Crippen molar-refractivity contribution in [2.45, 2.75) is 26.3 Å². The van der Waals surface area contributed by atoms with Gasteiger partial charge in [0.1, 0.15) is 5.76 Å². The van der Waals surface area contributed by atoms with E-state index in [1.807, 2.05) is 23.6 Å². The number of carbonyl (C=O) groups is 2. The molecule has 0 saturated carbocycles. The van der Waals surface area contributed by atoms with Crippen molar-refractivity contribution < 1.29 is 14.0 Å². The number of likely N-dealkylation sites (tertiary alicyclic amines) is 1. The second kappa shape index (κ2) is 7.98. The molecule has 0 radical (unpaired) electrons. The minimum atomic E-state index is -0.376. The molecule has 3 aromatic rings. The standard InChI is InChI=1S/C21H21N3O3S/c1-2-14-5-7-15(8-6-14)18-13-28-21(22-18)23-20(26)16-10-19(25)24(11-16)12-17-4-3-9-27-17/h3-9,13,16H,2,10-12H2,1H3,(H,22,23,26)/t16-/m0/s1. The van der Waals surface area contributed by atoms with E-state index < -0.39 is 0 Å². The van der Waals surface area contributed by atoms with Crippen LogP contribution in [0.4, 0.5) is 5.13 Å². The van der Waals surface area contributed by atoms with E-state index in [9.17, 15) is 9.59 Å². The van der Waals surface area contributed by atoms with Crippen LogP contribution >= 0.6 is 11.3 Å². The van der Waals surface area contributed by atoms with Crippen molar-refractivity contribution in [2.24, 2.45) is 5.92 Å². The van der Waals surface area contributed by atoms with Gasteiger partial charge in [0.15, 0.2) is 5.13 Å².